The lowest BCUT2D eigenvalue weighted by Crippen LogP contribution is -2.52. The SMILES string of the molecule is CN1CCN(C2CCN(CI)CC2)CC1. The maximum Gasteiger partial charge on any atom is 0.0505 e. The molecule has 0 aromatic carbocycles. The second kappa shape index (κ2) is 5.80. The average Bonchev–Trinajstić information content (AvgIpc) is 2.30. The molecular weight excluding hydrogens is 301 g/mol. The summed E-state index contributed by atoms with van der Waals surface area (Å²) < 4.78 is 1.20. The normalized spacial score (nSPS) is 28.4. The first kappa shape index (κ1) is 12.1. The van der Waals surface area contributed by atoms with E-state index in [1.807, 2.05) is 0 Å². The summed E-state index contributed by atoms with van der Waals surface area (Å²) in [7, 11) is 2.23. The lowest BCUT2D eigenvalue weighted by molar-refractivity contribution is 0.0735. The van der Waals surface area contributed by atoms with Gasteiger partial charge in [-0.05, 0) is 19.9 Å². The van der Waals surface area contributed by atoms with E-state index < -0.39 is 0 Å². The second-order valence-corrected chi connectivity index (χ2v) is 5.49. The Labute approximate surface area is 107 Å². The number of piperazine rings is 1. The number of likely N-dealkylation sites (tertiary alicyclic amines) is 1. The fourth-order valence-electron chi connectivity index (χ4n) is 2.59. The van der Waals surface area contributed by atoms with Gasteiger partial charge in [-0.1, -0.05) is 22.6 Å². The third-order valence-electron chi connectivity index (χ3n) is 3.78. The zero-order valence-electron chi connectivity index (χ0n) is 9.66. The Morgan fingerprint density at radius 2 is 1.60 bits per heavy atom. The molecule has 3 nitrogen and oxygen atoms in total. The maximum absolute atomic E-state index is 2.71. The number of hydrogen-bond donors (Lipinski definition) is 0. The van der Waals surface area contributed by atoms with Gasteiger partial charge in [0.25, 0.3) is 0 Å². The predicted molar refractivity (Wildman–Crippen MR) is 72.6 cm³/mol. The van der Waals surface area contributed by atoms with Crippen molar-refractivity contribution in [1.29, 1.82) is 0 Å². The fraction of sp³-hybridized carbons (Fsp3) is 1.00. The van der Waals surface area contributed by atoms with Crippen LogP contribution in [0.2, 0.25) is 0 Å². The van der Waals surface area contributed by atoms with Crippen LogP contribution in [0.15, 0.2) is 0 Å². The number of halogens is 1. The monoisotopic (exact) mass is 323 g/mol. The molecule has 0 saturated carbocycles. The van der Waals surface area contributed by atoms with Crippen molar-refractivity contribution in [3.05, 3.63) is 0 Å². The van der Waals surface area contributed by atoms with E-state index in [9.17, 15) is 0 Å². The number of nitrogens with zero attached hydrogens (tertiary/aromatic N) is 3. The third-order valence-corrected chi connectivity index (χ3v) is 4.75. The molecule has 0 bridgehead atoms. The van der Waals surface area contributed by atoms with E-state index in [4.69, 9.17) is 0 Å². The molecule has 0 aliphatic carbocycles. The number of alkyl halides is 1. The van der Waals surface area contributed by atoms with Crippen molar-refractivity contribution in [3.63, 3.8) is 0 Å². The zero-order chi connectivity index (χ0) is 10.7. The highest BCUT2D eigenvalue weighted by Gasteiger charge is 2.25. The maximum atomic E-state index is 2.71. The molecule has 2 aliphatic heterocycles. The van der Waals surface area contributed by atoms with E-state index in [0.717, 1.165) is 6.04 Å². The summed E-state index contributed by atoms with van der Waals surface area (Å²) >= 11 is 2.48. The van der Waals surface area contributed by atoms with E-state index in [-0.39, 0.29) is 0 Å². The van der Waals surface area contributed by atoms with Gasteiger partial charge in [-0.25, -0.2) is 0 Å². The van der Waals surface area contributed by atoms with Crippen LogP contribution in [0.1, 0.15) is 12.8 Å². The van der Waals surface area contributed by atoms with Crippen LogP contribution in [0.25, 0.3) is 0 Å². The van der Waals surface area contributed by atoms with E-state index >= 15 is 0 Å². The quantitative estimate of drug-likeness (QED) is 0.428. The summed E-state index contributed by atoms with van der Waals surface area (Å²) in [6, 6.07) is 0.873. The van der Waals surface area contributed by atoms with Gasteiger partial charge in [0.2, 0.25) is 0 Å². The van der Waals surface area contributed by atoms with Crippen LogP contribution in [0, 0.1) is 0 Å². The summed E-state index contributed by atoms with van der Waals surface area (Å²) in [6.07, 6.45) is 2.76. The van der Waals surface area contributed by atoms with Crippen molar-refractivity contribution in [2.45, 2.75) is 18.9 Å². The standard InChI is InChI=1S/C11H22IN3/c1-13-6-8-15(9-7-13)11-2-4-14(10-12)5-3-11/h11H,2-10H2,1H3. The van der Waals surface area contributed by atoms with Crippen LogP contribution >= 0.6 is 22.6 Å². The van der Waals surface area contributed by atoms with Crippen LogP contribution in [-0.2, 0) is 0 Å². The molecule has 2 fully saturated rings. The van der Waals surface area contributed by atoms with E-state index in [1.54, 1.807) is 0 Å². The molecule has 2 aliphatic rings. The minimum Gasteiger partial charge on any atom is -0.304 e. The first-order valence-electron chi connectivity index (χ1n) is 6.00. The second-order valence-electron chi connectivity index (χ2n) is 4.81. The van der Waals surface area contributed by atoms with Crippen LogP contribution < -0.4 is 0 Å². The zero-order valence-corrected chi connectivity index (χ0v) is 11.8. The topological polar surface area (TPSA) is 9.72 Å². The third kappa shape index (κ3) is 3.28. The van der Waals surface area contributed by atoms with Gasteiger partial charge in [-0.15, -0.1) is 0 Å². The highest BCUT2D eigenvalue weighted by molar-refractivity contribution is 14.1. The molecular formula is C11H22IN3. The van der Waals surface area contributed by atoms with Gasteiger partial charge in [-0.3, -0.25) is 9.80 Å². The van der Waals surface area contributed by atoms with Crippen molar-refractivity contribution in [2.75, 3.05) is 50.9 Å². The van der Waals surface area contributed by atoms with Crippen LogP contribution in [0.5, 0.6) is 0 Å². The predicted octanol–water partition coefficient (Wildman–Crippen LogP) is 1.09. The molecule has 0 aromatic heterocycles. The van der Waals surface area contributed by atoms with Crippen molar-refractivity contribution in [2.24, 2.45) is 0 Å². The van der Waals surface area contributed by atoms with Gasteiger partial charge in [0.05, 0.1) is 4.55 Å². The Bertz CT molecular complexity index is 184. The van der Waals surface area contributed by atoms with E-state index in [0.29, 0.717) is 0 Å². The molecule has 15 heavy (non-hydrogen) atoms. The molecule has 0 unspecified atom stereocenters. The molecule has 2 rings (SSSR count). The highest BCUT2D eigenvalue weighted by atomic mass is 127. The Balaban J connectivity index is 1.75. The molecule has 0 amide bonds. The van der Waals surface area contributed by atoms with Gasteiger partial charge in [-0.2, -0.15) is 0 Å². The Hall–Kier alpha value is 0.610. The van der Waals surface area contributed by atoms with E-state index in [1.165, 1.54) is 56.7 Å². The average molecular weight is 323 g/mol. The van der Waals surface area contributed by atoms with Gasteiger partial charge in [0, 0.05) is 45.3 Å². The minimum absolute atomic E-state index is 0.873. The van der Waals surface area contributed by atoms with Crippen molar-refractivity contribution in [3.8, 4) is 0 Å². The lowest BCUT2D eigenvalue weighted by Gasteiger charge is -2.41. The van der Waals surface area contributed by atoms with Gasteiger partial charge in [0.15, 0.2) is 0 Å². The van der Waals surface area contributed by atoms with E-state index in [2.05, 4.69) is 44.3 Å². The van der Waals surface area contributed by atoms with Crippen molar-refractivity contribution in [1.82, 2.24) is 14.7 Å². The summed E-state index contributed by atoms with van der Waals surface area (Å²) in [6.45, 7) is 7.69. The summed E-state index contributed by atoms with van der Waals surface area (Å²) in [5.41, 5.74) is 0. The van der Waals surface area contributed by atoms with Gasteiger partial charge < -0.3 is 4.90 Å². The van der Waals surface area contributed by atoms with Gasteiger partial charge in [0.1, 0.15) is 0 Å². The van der Waals surface area contributed by atoms with Crippen molar-refractivity contribution < 1.29 is 0 Å². The molecule has 0 N–H and O–H groups in total. The Morgan fingerprint density at radius 3 is 2.13 bits per heavy atom. The number of hydrogen-bond acceptors (Lipinski definition) is 3. The molecule has 0 atom stereocenters. The first-order valence-corrected chi connectivity index (χ1v) is 7.53. The van der Waals surface area contributed by atoms with Crippen LogP contribution in [-0.4, -0.2) is 71.6 Å². The lowest BCUT2D eigenvalue weighted by atomic mass is 10.0. The molecule has 0 spiro atoms. The largest absolute Gasteiger partial charge is 0.304 e. The summed E-state index contributed by atoms with van der Waals surface area (Å²) in [5, 5.41) is 0. The number of likely N-dealkylation sites (N-methyl/N-ethyl adjacent to an activating group) is 1. The Kier molecular flexibility index (Phi) is 4.67. The summed E-state index contributed by atoms with van der Waals surface area (Å²) in [4.78, 5) is 7.72. The molecule has 88 valence electrons. The molecule has 4 heteroatoms. The summed E-state index contributed by atoms with van der Waals surface area (Å²) in [5.74, 6) is 0. The fourth-order valence-corrected chi connectivity index (χ4v) is 3.27. The number of piperidine rings is 1. The minimum atomic E-state index is 0.873. The van der Waals surface area contributed by atoms with Crippen LogP contribution in [0.3, 0.4) is 0 Å². The Morgan fingerprint density at radius 1 is 1.00 bits per heavy atom. The molecule has 2 heterocycles. The van der Waals surface area contributed by atoms with Crippen molar-refractivity contribution >= 4 is 22.6 Å². The van der Waals surface area contributed by atoms with Crippen LogP contribution in [0.4, 0.5) is 0 Å². The van der Waals surface area contributed by atoms with Gasteiger partial charge >= 0.3 is 0 Å². The molecule has 2 saturated heterocycles. The molecule has 0 aromatic rings. The highest BCUT2D eigenvalue weighted by Crippen LogP contribution is 2.18. The first-order chi connectivity index (χ1) is 7.29. The smallest absolute Gasteiger partial charge is 0.0505 e. The molecule has 0 radical (unpaired) electrons. The number of rotatable bonds is 2.